The number of sulfonamides is 1. The Bertz CT molecular complexity index is 469. The first-order valence-corrected chi connectivity index (χ1v) is 6.89. The van der Waals surface area contributed by atoms with Crippen LogP contribution in [0.3, 0.4) is 0 Å². The first kappa shape index (κ1) is 11.9. The van der Waals surface area contributed by atoms with Crippen LogP contribution in [0.15, 0.2) is 29.2 Å². The second-order valence-electron chi connectivity index (χ2n) is 3.58. The van der Waals surface area contributed by atoms with E-state index in [9.17, 15) is 8.42 Å². The highest BCUT2D eigenvalue weighted by Gasteiger charge is 2.27. The molecule has 6 heteroatoms. The molecule has 1 aliphatic rings. The number of nitrogens with one attached hydrogen (secondary N) is 1. The van der Waals surface area contributed by atoms with E-state index in [4.69, 9.17) is 11.6 Å². The second-order valence-corrected chi connectivity index (χ2v) is 5.90. The predicted molar refractivity (Wildman–Crippen MR) is 63.1 cm³/mol. The summed E-state index contributed by atoms with van der Waals surface area (Å²) in [7, 11) is -3.43. The lowest BCUT2D eigenvalue weighted by atomic mass is 10.4. The van der Waals surface area contributed by atoms with Crippen molar-refractivity contribution in [1.29, 1.82) is 0 Å². The summed E-state index contributed by atoms with van der Waals surface area (Å²) in [5.74, 6) is 0. The zero-order valence-electron chi connectivity index (χ0n) is 8.69. The molecule has 4 nitrogen and oxygen atoms in total. The molecule has 1 aromatic carbocycles. The molecule has 0 radical (unpaired) electrons. The van der Waals surface area contributed by atoms with Crippen molar-refractivity contribution in [2.45, 2.75) is 4.90 Å². The number of piperazine rings is 1. The summed E-state index contributed by atoms with van der Waals surface area (Å²) in [4.78, 5) is 0.193. The zero-order valence-corrected chi connectivity index (χ0v) is 10.3. The molecule has 0 unspecified atom stereocenters. The van der Waals surface area contributed by atoms with Gasteiger partial charge in [-0.2, -0.15) is 4.31 Å². The Hall–Kier alpha value is -0.620. The average Bonchev–Trinajstić information content (AvgIpc) is 2.30. The molecule has 0 spiro atoms. The van der Waals surface area contributed by atoms with Crippen LogP contribution in [0.1, 0.15) is 0 Å². The second kappa shape index (κ2) is 4.71. The van der Waals surface area contributed by atoms with Crippen LogP contribution in [0.2, 0.25) is 5.02 Å². The molecular formula is C10H13ClN2O2S. The van der Waals surface area contributed by atoms with Crippen LogP contribution in [-0.2, 0) is 10.0 Å². The summed E-state index contributed by atoms with van der Waals surface area (Å²) in [5, 5.41) is 3.39. The number of benzene rings is 1. The van der Waals surface area contributed by atoms with Gasteiger partial charge in [0.1, 0.15) is 4.90 Å². The minimum Gasteiger partial charge on any atom is -0.314 e. The topological polar surface area (TPSA) is 49.4 Å². The Morgan fingerprint density at radius 2 is 1.81 bits per heavy atom. The molecule has 0 aromatic heterocycles. The van der Waals surface area contributed by atoms with Crippen molar-refractivity contribution >= 4 is 21.6 Å². The van der Waals surface area contributed by atoms with Gasteiger partial charge in [0, 0.05) is 26.2 Å². The molecule has 16 heavy (non-hydrogen) atoms. The van der Waals surface area contributed by atoms with Crippen LogP contribution in [0.4, 0.5) is 0 Å². The van der Waals surface area contributed by atoms with Gasteiger partial charge in [-0.05, 0) is 12.1 Å². The third-order valence-corrected chi connectivity index (χ3v) is 4.93. The molecule has 1 heterocycles. The molecule has 1 saturated heterocycles. The van der Waals surface area contributed by atoms with E-state index in [1.807, 2.05) is 0 Å². The molecule has 0 atom stereocenters. The highest BCUT2D eigenvalue weighted by molar-refractivity contribution is 7.89. The fraction of sp³-hybridized carbons (Fsp3) is 0.400. The highest BCUT2D eigenvalue weighted by Crippen LogP contribution is 2.24. The van der Waals surface area contributed by atoms with Crippen LogP contribution >= 0.6 is 11.6 Å². The van der Waals surface area contributed by atoms with Crippen molar-refractivity contribution < 1.29 is 8.42 Å². The average molecular weight is 261 g/mol. The standard InChI is InChI=1S/C10H13ClN2O2S/c11-9-3-1-2-4-10(9)16(14,15)13-7-5-12-6-8-13/h1-4,12H,5-8H2. The van der Waals surface area contributed by atoms with E-state index in [1.54, 1.807) is 24.3 Å². The molecular weight excluding hydrogens is 248 g/mol. The van der Waals surface area contributed by atoms with E-state index >= 15 is 0 Å². The summed E-state index contributed by atoms with van der Waals surface area (Å²) in [5.41, 5.74) is 0. The molecule has 1 N–H and O–H groups in total. The van der Waals surface area contributed by atoms with Gasteiger partial charge >= 0.3 is 0 Å². The van der Waals surface area contributed by atoms with Crippen molar-refractivity contribution in [3.8, 4) is 0 Å². The zero-order chi connectivity index (χ0) is 11.6. The van der Waals surface area contributed by atoms with Gasteiger partial charge in [0.2, 0.25) is 10.0 Å². The first-order valence-electron chi connectivity index (χ1n) is 5.08. The number of halogens is 1. The van der Waals surface area contributed by atoms with Crippen LogP contribution in [-0.4, -0.2) is 38.9 Å². The summed E-state index contributed by atoms with van der Waals surface area (Å²) in [6, 6.07) is 6.54. The summed E-state index contributed by atoms with van der Waals surface area (Å²) >= 11 is 5.91. The molecule has 1 aromatic rings. The Morgan fingerprint density at radius 1 is 1.19 bits per heavy atom. The molecule has 1 aliphatic heterocycles. The fourth-order valence-corrected chi connectivity index (χ4v) is 3.61. The van der Waals surface area contributed by atoms with E-state index in [-0.39, 0.29) is 9.92 Å². The van der Waals surface area contributed by atoms with Crippen molar-refractivity contribution in [2.75, 3.05) is 26.2 Å². The fourth-order valence-electron chi connectivity index (χ4n) is 1.68. The third-order valence-electron chi connectivity index (χ3n) is 2.53. The monoisotopic (exact) mass is 260 g/mol. The molecule has 1 fully saturated rings. The maximum Gasteiger partial charge on any atom is 0.244 e. The van der Waals surface area contributed by atoms with Crippen LogP contribution < -0.4 is 5.32 Å². The maximum atomic E-state index is 12.2. The van der Waals surface area contributed by atoms with E-state index in [2.05, 4.69) is 5.32 Å². The van der Waals surface area contributed by atoms with Crippen molar-refractivity contribution in [3.05, 3.63) is 29.3 Å². The third kappa shape index (κ3) is 2.22. The lowest BCUT2D eigenvalue weighted by molar-refractivity contribution is 0.360. The van der Waals surface area contributed by atoms with Crippen molar-refractivity contribution in [2.24, 2.45) is 0 Å². The van der Waals surface area contributed by atoms with Crippen molar-refractivity contribution in [1.82, 2.24) is 9.62 Å². The molecule has 2 rings (SSSR count). The highest BCUT2D eigenvalue weighted by atomic mass is 35.5. The van der Waals surface area contributed by atoms with E-state index in [0.29, 0.717) is 26.2 Å². The Morgan fingerprint density at radius 3 is 2.44 bits per heavy atom. The van der Waals surface area contributed by atoms with Gasteiger partial charge in [-0.25, -0.2) is 8.42 Å². The Kier molecular flexibility index (Phi) is 3.49. The quantitative estimate of drug-likeness (QED) is 0.861. The number of hydrogen-bond acceptors (Lipinski definition) is 3. The molecule has 0 amide bonds. The molecule has 0 aliphatic carbocycles. The Balaban J connectivity index is 2.35. The summed E-state index contributed by atoms with van der Waals surface area (Å²) in [6.45, 7) is 2.36. The van der Waals surface area contributed by atoms with E-state index in [1.165, 1.54) is 4.31 Å². The van der Waals surface area contributed by atoms with Gasteiger partial charge in [0.25, 0.3) is 0 Å². The lowest BCUT2D eigenvalue weighted by Gasteiger charge is -2.26. The molecule has 0 saturated carbocycles. The molecule has 88 valence electrons. The lowest BCUT2D eigenvalue weighted by Crippen LogP contribution is -2.46. The number of rotatable bonds is 2. The molecule has 0 bridgehead atoms. The normalized spacial score (nSPS) is 18.6. The Labute approximate surface area is 100 Å². The van der Waals surface area contributed by atoms with Crippen molar-refractivity contribution in [3.63, 3.8) is 0 Å². The van der Waals surface area contributed by atoms with Gasteiger partial charge in [-0.3, -0.25) is 0 Å². The minimum atomic E-state index is -3.43. The number of nitrogens with zero attached hydrogens (tertiary/aromatic N) is 1. The van der Waals surface area contributed by atoms with Crippen LogP contribution in [0, 0.1) is 0 Å². The SMILES string of the molecule is O=S(=O)(c1ccccc1Cl)N1CCNCC1. The van der Waals surface area contributed by atoms with Gasteiger partial charge < -0.3 is 5.32 Å². The van der Waals surface area contributed by atoms with Gasteiger partial charge in [0.15, 0.2) is 0 Å². The van der Waals surface area contributed by atoms with Gasteiger partial charge in [-0.15, -0.1) is 0 Å². The maximum absolute atomic E-state index is 12.2. The number of hydrogen-bond donors (Lipinski definition) is 1. The van der Waals surface area contributed by atoms with Crippen LogP contribution in [0.25, 0.3) is 0 Å². The summed E-state index contributed by atoms with van der Waals surface area (Å²) in [6.07, 6.45) is 0. The minimum absolute atomic E-state index is 0.193. The summed E-state index contributed by atoms with van der Waals surface area (Å²) < 4.78 is 25.9. The van der Waals surface area contributed by atoms with Gasteiger partial charge in [0.05, 0.1) is 5.02 Å². The largest absolute Gasteiger partial charge is 0.314 e. The van der Waals surface area contributed by atoms with E-state index in [0.717, 1.165) is 0 Å². The predicted octanol–water partition coefficient (Wildman–Crippen LogP) is 0.934. The van der Waals surface area contributed by atoms with E-state index < -0.39 is 10.0 Å². The van der Waals surface area contributed by atoms with Gasteiger partial charge in [-0.1, -0.05) is 23.7 Å². The first-order chi connectivity index (χ1) is 7.62. The van der Waals surface area contributed by atoms with Crippen LogP contribution in [0.5, 0.6) is 0 Å². The smallest absolute Gasteiger partial charge is 0.244 e.